The Kier molecular flexibility index (Phi) is 5.73. The van der Waals surface area contributed by atoms with Crippen LogP contribution in [0.1, 0.15) is 11.7 Å². The van der Waals surface area contributed by atoms with Crippen molar-refractivity contribution in [2.45, 2.75) is 11.0 Å². The number of non-ortho nitro benzene ring substituents is 1. The number of carbonyl (C=O) groups excluding carboxylic acids is 1. The molecule has 0 heterocycles. The average Bonchev–Trinajstić information content (AvgIpc) is 2.60. The van der Waals surface area contributed by atoms with Crippen molar-refractivity contribution in [2.75, 3.05) is 7.11 Å². The van der Waals surface area contributed by atoms with Crippen molar-refractivity contribution in [3.8, 4) is 0 Å². The molecular weight excluding hydrogens is 374 g/mol. The van der Waals surface area contributed by atoms with Crippen molar-refractivity contribution in [3.05, 3.63) is 69.2 Å². The van der Waals surface area contributed by atoms with E-state index in [1.807, 2.05) is 0 Å². The van der Waals surface area contributed by atoms with Crippen LogP contribution in [-0.2, 0) is 23.8 Å². The molecule has 2 aromatic rings. The van der Waals surface area contributed by atoms with Crippen LogP contribution in [0.5, 0.6) is 0 Å². The molecule has 0 amide bonds. The van der Waals surface area contributed by atoms with E-state index in [0.29, 0.717) is 0 Å². The summed E-state index contributed by atoms with van der Waals surface area (Å²) in [7, 11) is -3.33. The zero-order valence-electron chi connectivity index (χ0n) is 12.8. The van der Waals surface area contributed by atoms with Gasteiger partial charge in [-0.15, -0.1) is 0 Å². The van der Waals surface area contributed by atoms with Crippen LogP contribution in [0.25, 0.3) is 0 Å². The molecule has 0 saturated heterocycles. The maximum atomic E-state index is 12.4. The molecule has 2 rings (SSSR count). The van der Waals surface area contributed by atoms with Gasteiger partial charge in [0.2, 0.25) is 6.10 Å². The lowest BCUT2D eigenvalue weighted by atomic mass is 10.1. The van der Waals surface area contributed by atoms with Gasteiger partial charge >= 0.3 is 5.97 Å². The first-order valence-electron chi connectivity index (χ1n) is 6.76. The fourth-order valence-corrected chi connectivity index (χ4v) is 3.18. The van der Waals surface area contributed by atoms with Gasteiger partial charge in [-0.25, -0.2) is 8.98 Å². The summed E-state index contributed by atoms with van der Waals surface area (Å²) in [5.74, 6) is -0.960. The van der Waals surface area contributed by atoms with Gasteiger partial charge in [0, 0.05) is 22.7 Å². The van der Waals surface area contributed by atoms with Crippen LogP contribution in [0.3, 0.4) is 0 Å². The minimum atomic E-state index is -4.40. The highest BCUT2D eigenvalue weighted by Crippen LogP contribution is 2.30. The van der Waals surface area contributed by atoms with Gasteiger partial charge < -0.3 is 4.74 Å². The van der Waals surface area contributed by atoms with Crippen LogP contribution in [-0.4, -0.2) is 26.4 Å². The van der Waals surface area contributed by atoms with Crippen LogP contribution >= 0.6 is 11.6 Å². The fourth-order valence-electron chi connectivity index (χ4n) is 1.93. The fraction of sp³-hybridized carbons (Fsp3) is 0.133. The predicted molar refractivity (Wildman–Crippen MR) is 87.6 cm³/mol. The molecule has 0 spiro atoms. The zero-order chi connectivity index (χ0) is 18.6. The molecule has 10 heteroatoms. The zero-order valence-corrected chi connectivity index (χ0v) is 14.4. The first-order chi connectivity index (χ1) is 11.8. The molecule has 25 heavy (non-hydrogen) atoms. The number of methoxy groups -OCH3 is 1. The summed E-state index contributed by atoms with van der Waals surface area (Å²) in [6.45, 7) is 0. The molecule has 0 saturated carbocycles. The minimum Gasteiger partial charge on any atom is -0.467 e. The summed E-state index contributed by atoms with van der Waals surface area (Å²) in [6, 6.07) is 10.1. The van der Waals surface area contributed by atoms with Gasteiger partial charge in [0.1, 0.15) is 0 Å². The van der Waals surface area contributed by atoms with Crippen LogP contribution in [0, 0.1) is 10.1 Å². The number of esters is 1. The molecule has 0 aliphatic carbocycles. The van der Waals surface area contributed by atoms with Crippen molar-refractivity contribution < 1.29 is 27.1 Å². The Morgan fingerprint density at radius 2 is 1.76 bits per heavy atom. The Bertz CT molecular complexity index is 896. The maximum Gasteiger partial charge on any atom is 0.341 e. The van der Waals surface area contributed by atoms with Gasteiger partial charge in [-0.1, -0.05) is 29.8 Å². The van der Waals surface area contributed by atoms with Crippen molar-refractivity contribution >= 4 is 33.4 Å². The largest absolute Gasteiger partial charge is 0.467 e. The molecule has 0 fully saturated rings. The lowest BCUT2D eigenvalue weighted by molar-refractivity contribution is -0.384. The Hall–Kier alpha value is -2.49. The highest BCUT2D eigenvalue weighted by atomic mass is 35.5. The Morgan fingerprint density at radius 1 is 1.16 bits per heavy atom. The average molecular weight is 386 g/mol. The van der Waals surface area contributed by atoms with E-state index >= 15 is 0 Å². The molecule has 132 valence electrons. The monoisotopic (exact) mass is 385 g/mol. The van der Waals surface area contributed by atoms with Gasteiger partial charge in [-0.2, -0.15) is 8.42 Å². The molecule has 0 radical (unpaired) electrons. The quantitative estimate of drug-likeness (QED) is 0.325. The van der Waals surface area contributed by atoms with Gasteiger partial charge in [0.05, 0.1) is 16.9 Å². The number of benzene rings is 2. The Balaban J connectivity index is 2.39. The number of halogens is 1. The van der Waals surface area contributed by atoms with E-state index in [-0.39, 0.29) is 21.2 Å². The second-order valence-corrected chi connectivity index (χ2v) is 6.71. The van der Waals surface area contributed by atoms with Gasteiger partial charge in [-0.05, 0) is 18.2 Å². The molecule has 1 unspecified atom stereocenters. The van der Waals surface area contributed by atoms with Gasteiger partial charge in [-0.3, -0.25) is 10.1 Å². The van der Waals surface area contributed by atoms with Crippen LogP contribution in [0.4, 0.5) is 5.69 Å². The first kappa shape index (κ1) is 18.8. The summed E-state index contributed by atoms with van der Waals surface area (Å²) in [5.41, 5.74) is -0.170. The number of nitro benzene ring substituents is 1. The molecule has 0 aromatic heterocycles. The van der Waals surface area contributed by atoms with E-state index in [0.717, 1.165) is 31.4 Å². The molecule has 8 nitrogen and oxygen atoms in total. The SMILES string of the molecule is COC(=O)C(OS(=O)(=O)c1ccc([N+](=O)[O-])cc1)c1ccccc1Cl. The number of rotatable bonds is 6. The molecule has 0 aliphatic heterocycles. The van der Waals surface area contributed by atoms with Gasteiger partial charge in [0.15, 0.2) is 0 Å². The van der Waals surface area contributed by atoms with Crippen LogP contribution in [0.15, 0.2) is 53.4 Å². The number of hydrogen-bond donors (Lipinski definition) is 0. The van der Waals surface area contributed by atoms with E-state index in [2.05, 4.69) is 4.74 Å². The van der Waals surface area contributed by atoms with E-state index in [1.165, 1.54) is 12.1 Å². The number of hydrogen-bond acceptors (Lipinski definition) is 7. The van der Waals surface area contributed by atoms with Crippen molar-refractivity contribution in [2.24, 2.45) is 0 Å². The maximum absolute atomic E-state index is 12.4. The molecule has 0 N–H and O–H groups in total. The van der Waals surface area contributed by atoms with Crippen molar-refractivity contribution in [1.29, 1.82) is 0 Å². The third kappa shape index (κ3) is 4.32. The Morgan fingerprint density at radius 3 is 2.28 bits per heavy atom. The van der Waals surface area contributed by atoms with E-state index < -0.39 is 27.1 Å². The third-order valence-corrected chi connectivity index (χ3v) is 4.80. The normalized spacial score (nSPS) is 12.4. The van der Waals surface area contributed by atoms with Crippen LogP contribution in [0.2, 0.25) is 5.02 Å². The van der Waals surface area contributed by atoms with E-state index in [4.69, 9.17) is 15.8 Å². The summed E-state index contributed by atoms with van der Waals surface area (Å²) < 4.78 is 34.3. The van der Waals surface area contributed by atoms with Crippen molar-refractivity contribution in [3.63, 3.8) is 0 Å². The molecular formula is C15H12ClNO7S. The molecule has 0 bridgehead atoms. The first-order valence-corrected chi connectivity index (χ1v) is 8.55. The second kappa shape index (κ2) is 7.60. The molecule has 2 aromatic carbocycles. The highest BCUT2D eigenvalue weighted by Gasteiger charge is 2.31. The predicted octanol–water partition coefficient (Wildman–Crippen LogP) is 2.87. The smallest absolute Gasteiger partial charge is 0.341 e. The van der Waals surface area contributed by atoms with Gasteiger partial charge in [0.25, 0.3) is 15.8 Å². The van der Waals surface area contributed by atoms with Crippen molar-refractivity contribution in [1.82, 2.24) is 0 Å². The number of carbonyl (C=O) groups is 1. The lowest BCUT2D eigenvalue weighted by Crippen LogP contribution is -2.21. The summed E-state index contributed by atoms with van der Waals surface area (Å²) in [4.78, 5) is 21.6. The number of nitro groups is 1. The summed E-state index contributed by atoms with van der Waals surface area (Å²) >= 11 is 5.99. The van der Waals surface area contributed by atoms with E-state index in [1.54, 1.807) is 12.1 Å². The minimum absolute atomic E-state index is 0.113. The highest BCUT2D eigenvalue weighted by molar-refractivity contribution is 7.86. The topological polar surface area (TPSA) is 113 Å². The summed E-state index contributed by atoms with van der Waals surface area (Å²) in [6.07, 6.45) is -1.61. The number of ether oxygens (including phenoxy) is 1. The third-order valence-electron chi connectivity index (χ3n) is 3.16. The van der Waals surface area contributed by atoms with Crippen LogP contribution < -0.4 is 0 Å². The Labute approximate surface area is 148 Å². The van der Waals surface area contributed by atoms with E-state index in [9.17, 15) is 23.3 Å². The molecule has 0 aliphatic rings. The number of nitrogens with zero attached hydrogens (tertiary/aromatic N) is 1. The second-order valence-electron chi connectivity index (χ2n) is 4.73. The lowest BCUT2D eigenvalue weighted by Gasteiger charge is -2.16. The molecule has 1 atom stereocenters. The summed E-state index contributed by atoms with van der Waals surface area (Å²) in [5, 5.41) is 10.8. The standard InChI is InChI=1S/C15H12ClNO7S/c1-23-15(18)14(12-4-2-3-5-13(12)16)24-25(21,22)11-8-6-10(7-9-11)17(19)20/h2-9,14H,1H3.